The van der Waals surface area contributed by atoms with Crippen molar-refractivity contribution in [3.63, 3.8) is 0 Å². The lowest BCUT2D eigenvalue weighted by atomic mass is 10.1. The number of carbonyl (C=O) groups excluding carboxylic acids is 2. The Bertz CT molecular complexity index is 1120. The molecule has 2 N–H and O–H groups in total. The molecule has 1 aliphatic heterocycles. The van der Waals surface area contributed by atoms with Crippen molar-refractivity contribution in [3.05, 3.63) is 77.6 Å². The first-order chi connectivity index (χ1) is 15.0. The summed E-state index contributed by atoms with van der Waals surface area (Å²) in [4.78, 5) is 26.8. The standard InChI is InChI=1S/C22H20F2N4O3/c23-18-12-19(24)20(11-17(18)22(31)27-8-2-6-16(27)13-29)26-21(30)14-4-1-5-15(10-14)28-9-3-7-25-28/h1,3-5,7,9-12,16,29H,2,6,8,13H2,(H,26,30)/t16-/m0/s1. The molecule has 2 heterocycles. The highest BCUT2D eigenvalue weighted by Gasteiger charge is 2.31. The van der Waals surface area contributed by atoms with Gasteiger partial charge in [-0.15, -0.1) is 0 Å². The molecule has 31 heavy (non-hydrogen) atoms. The van der Waals surface area contributed by atoms with Gasteiger partial charge in [-0.2, -0.15) is 5.10 Å². The summed E-state index contributed by atoms with van der Waals surface area (Å²) in [6.07, 6.45) is 4.62. The maximum absolute atomic E-state index is 14.4. The first-order valence-corrected chi connectivity index (χ1v) is 9.80. The molecule has 160 valence electrons. The van der Waals surface area contributed by atoms with E-state index in [2.05, 4.69) is 10.4 Å². The Morgan fingerprint density at radius 3 is 2.74 bits per heavy atom. The normalized spacial score (nSPS) is 15.8. The third kappa shape index (κ3) is 4.17. The van der Waals surface area contributed by atoms with Gasteiger partial charge in [0.15, 0.2) is 0 Å². The fraction of sp³-hybridized carbons (Fsp3) is 0.227. The highest BCUT2D eigenvalue weighted by atomic mass is 19.1. The Morgan fingerprint density at radius 2 is 2.00 bits per heavy atom. The van der Waals surface area contributed by atoms with Crippen LogP contribution in [-0.2, 0) is 0 Å². The molecule has 2 aromatic carbocycles. The van der Waals surface area contributed by atoms with E-state index in [0.29, 0.717) is 31.1 Å². The number of hydrogen-bond donors (Lipinski definition) is 2. The lowest BCUT2D eigenvalue weighted by Crippen LogP contribution is -2.38. The molecular formula is C22H20F2N4O3. The molecule has 3 aromatic rings. The summed E-state index contributed by atoms with van der Waals surface area (Å²) in [6, 6.07) is 9.44. The van der Waals surface area contributed by atoms with Gasteiger partial charge in [0, 0.05) is 30.6 Å². The van der Waals surface area contributed by atoms with E-state index in [4.69, 9.17) is 0 Å². The van der Waals surface area contributed by atoms with Crippen LogP contribution >= 0.6 is 0 Å². The van der Waals surface area contributed by atoms with Crippen LogP contribution in [0.4, 0.5) is 14.5 Å². The van der Waals surface area contributed by atoms with Crippen LogP contribution < -0.4 is 5.32 Å². The Morgan fingerprint density at radius 1 is 1.16 bits per heavy atom. The number of aliphatic hydroxyl groups excluding tert-OH is 1. The van der Waals surface area contributed by atoms with Crippen molar-refractivity contribution in [1.82, 2.24) is 14.7 Å². The second-order valence-electron chi connectivity index (χ2n) is 7.24. The fourth-order valence-electron chi connectivity index (χ4n) is 3.66. The minimum atomic E-state index is -1.02. The third-order valence-electron chi connectivity index (χ3n) is 5.26. The summed E-state index contributed by atoms with van der Waals surface area (Å²) >= 11 is 0. The lowest BCUT2D eigenvalue weighted by Gasteiger charge is -2.23. The molecule has 0 radical (unpaired) electrons. The molecule has 9 heteroatoms. The van der Waals surface area contributed by atoms with E-state index in [0.717, 1.165) is 6.07 Å². The van der Waals surface area contributed by atoms with Crippen molar-refractivity contribution in [2.75, 3.05) is 18.5 Å². The zero-order chi connectivity index (χ0) is 22.0. The summed E-state index contributed by atoms with van der Waals surface area (Å²) in [7, 11) is 0. The van der Waals surface area contributed by atoms with Gasteiger partial charge < -0.3 is 15.3 Å². The van der Waals surface area contributed by atoms with E-state index >= 15 is 0 Å². The molecule has 1 saturated heterocycles. The molecule has 7 nitrogen and oxygen atoms in total. The molecule has 0 saturated carbocycles. The molecule has 1 aliphatic rings. The zero-order valence-electron chi connectivity index (χ0n) is 16.5. The quantitative estimate of drug-likeness (QED) is 0.657. The van der Waals surface area contributed by atoms with Gasteiger partial charge in [-0.3, -0.25) is 9.59 Å². The van der Waals surface area contributed by atoms with Crippen molar-refractivity contribution in [3.8, 4) is 5.69 Å². The summed E-state index contributed by atoms with van der Waals surface area (Å²) in [6.45, 7) is 0.146. The summed E-state index contributed by atoms with van der Waals surface area (Å²) in [5.74, 6) is -3.28. The first kappa shape index (κ1) is 20.7. The second kappa shape index (κ2) is 8.65. The van der Waals surface area contributed by atoms with E-state index in [1.54, 1.807) is 47.4 Å². The minimum absolute atomic E-state index is 0.231. The van der Waals surface area contributed by atoms with E-state index in [9.17, 15) is 23.5 Å². The van der Waals surface area contributed by atoms with E-state index in [1.807, 2.05) is 0 Å². The van der Waals surface area contributed by atoms with Gasteiger partial charge in [0.1, 0.15) is 11.6 Å². The number of benzene rings is 2. The van der Waals surface area contributed by atoms with Gasteiger partial charge in [-0.25, -0.2) is 13.5 Å². The van der Waals surface area contributed by atoms with Crippen molar-refractivity contribution in [1.29, 1.82) is 0 Å². The van der Waals surface area contributed by atoms with Crippen LogP contribution in [-0.4, -0.2) is 50.8 Å². The number of nitrogens with one attached hydrogen (secondary N) is 1. The number of amides is 2. The smallest absolute Gasteiger partial charge is 0.257 e. The number of hydrogen-bond acceptors (Lipinski definition) is 4. The molecule has 1 atom stereocenters. The van der Waals surface area contributed by atoms with Gasteiger partial charge in [-0.05, 0) is 43.2 Å². The largest absolute Gasteiger partial charge is 0.394 e. The molecule has 0 aliphatic carbocycles. The number of halogens is 2. The highest BCUT2D eigenvalue weighted by Crippen LogP contribution is 2.25. The predicted molar refractivity (Wildman–Crippen MR) is 109 cm³/mol. The maximum Gasteiger partial charge on any atom is 0.257 e. The van der Waals surface area contributed by atoms with Crippen LogP contribution in [0.2, 0.25) is 0 Å². The van der Waals surface area contributed by atoms with Gasteiger partial charge in [-0.1, -0.05) is 6.07 Å². The van der Waals surface area contributed by atoms with Crippen molar-refractivity contribution < 1.29 is 23.5 Å². The number of rotatable bonds is 5. The number of aromatic nitrogens is 2. The number of aliphatic hydroxyl groups is 1. The topological polar surface area (TPSA) is 87.5 Å². The number of carbonyl (C=O) groups is 2. The van der Waals surface area contributed by atoms with Crippen LogP contribution in [0.5, 0.6) is 0 Å². The van der Waals surface area contributed by atoms with Gasteiger partial charge in [0.2, 0.25) is 0 Å². The van der Waals surface area contributed by atoms with Gasteiger partial charge in [0.05, 0.1) is 29.6 Å². The average molecular weight is 426 g/mol. The van der Waals surface area contributed by atoms with Gasteiger partial charge >= 0.3 is 0 Å². The summed E-state index contributed by atoms with van der Waals surface area (Å²) in [5.41, 5.74) is 0.211. The maximum atomic E-state index is 14.4. The highest BCUT2D eigenvalue weighted by molar-refractivity contribution is 6.05. The van der Waals surface area contributed by atoms with Crippen molar-refractivity contribution in [2.45, 2.75) is 18.9 Å². The van der Waals surface area contributed by atoms with Crippen LogP contribution in [0.3, 0.4) is 0 Å². The molecule has 0 bridgehead atoms. The molecule has 4 rings (SSSR count). The summed E-state index contributed by atoms with van der Waals surface area (Å²) < 4.78 is 30.3. The van der Waals surface area contributed by atoms with Crippen LogP contribution in [0.15, 0.2) is 54.9 Å². The predicted octanol–water partition coefficient (Wildman–Crippen LogP) is 3.00. The Kier molecular flexibility index (Phi) is 5.77. The molecular weight excluding hydrogens is 406 g/mol. The molecule has 1 fully saturated rings. The van der Waals surface area contributed by atoms with E-state index in [1.165, 1.54) is 4.90 Å². The number of anilines is 1. The third-order valence-corrected chi connectivity index (χ3v) is 5.26. The fourth-order valence-corrected chi connectivity index (χ4v) is 3.66. The monoisotopic (exact) mass is 426 g/mol. The SMILES string of the molecule is O=C(Nc1cc(C(=O)N2CCC[C@H]2CO)c(F)cc1F)c1cccc(-n2cccn2)c1. The number of likely N-dealkylation sites (tertiary alicyclic amines) is 1. The minimum Gasteiger partial charge on any atom is -0.394 e. The Labute approximate surface area is 176 Å². The van der Waals surface area contributed by atoms with Crippen LogP contribution in [0, 0.1) is 11.6 Å². The lowest BCUT2D eigenvalue weighted by molar-refractivity contribution is 0.0672. The Balaban J connectivity index is 1.59. The van der Waals surface area contributed by atoms with Crippen molar-refractivity contribution >= 4 is 17.5 Å². The second-order valence-corrected chi connectivity index (χ2v) is 7.24. The van der Waals surface area contributed by atoms with Crippen LogP contribution in [0.25, 0.3) is 5.69 Å². The Hall–Kier alpha value is -3.59. The van der Waals surface area contributed by atoms with Crippen molar-refractivity contribution in [2.24, 2.45) is 0 Å². The average Bonchev–Trinajstić information content (AvgIpc) is 3.47. The molecule has 0 unspecified atom stereocenters. The molecule has 0 spiro atoms. The van der Waals surface area contributed by atoms with Crippen LogP contribution in [0.1, 0.15) is 33.6 Å². The van der Waals surface area contributed by atoms with Gasteiger partial charge in [0.25, 0.3) is 11.8 Å². The molecule has 2 amide bonds. The summed E-state index contributed by atoms with van der Waals surface area (Å²) in [5, 5.41) is 15.9. The first-order valence-electron chi connectivity index (χ1n) is 9.80. The zero-order valence-corrected chi connectivity index (χ0v) is 16.5. The van der Waals surface area contributed by atoms with E-state index in [-0.39, 0.29) is 23.4 Å². The van der Waals surface area contributed by atoms with E-state index < -0.39 is 29.5 Å². The molecule has 1 aromatic heterocycles. The number of nitrogens with zero attached hydrogens (tertiary/aromatic N) is 3.